The van der Waals surface area contributed by atoms with Crippen LogP contribution in [-0.2, 0) is 10.2 Å². The number of hydrogen-bond donors (Lipinski definition) is 1. The molecule has 4 heteroatoms. The summed E-state index contributed by atoms with van der Waals surface area (Å²) in [5, 5.41) is 2.94. The first-order chi connectivity index (χ1) is 8.82. The van der Waals surface area contributed by atoms with Gasteiger partial charge < -0.3 is 14.8 Å². The Morgan fingerprint density at radius 1 is 1.21 bits per heavy atom. The minimum absolute atomic E-state index is 0.0168. The Morgan fingerprint density at radius 2 is 1.79 bits per heavy atom. The molecule has 0 bridgehead atoms. The van der Waals surface area contributed by atoms with Crippen molar-refractivity contribution in [2.75, 3.05) is 14.2 Å². The van der Waals surface area contributed by atoms with Crippen LogP contribution in [0.4, 0.5) is 0 Å². The first-order valence-corrected chi connectivity index (χ1v) is 6.32. The normalized spacial score (nSPS) is 12.7. The summed E-state index contributed by atoms with van der Waals surface area (Å²) in [6.45, 7) is 7.71. The maximum Gasteiger partial charge on any atom is 0.217 e. The molecule has 1 amide bonds. The Balaban J connectivity index is 3.10. The lowest BCUT2D eigenvalue weighted by Crippen LogP contribution is -2.44. The summed E-state index contributed by atoms with van der Waals surface area (Å²) < 4.78 is 10.6. The van der Waals surface area contributed by atoms with E-state index in [0.717, 1.165) is 5.56 Å². The van der Waals surface area contributed by atoms with E-state index >= 15 is 0 Å². The van der Waals surface area contributed by atoms with Gasteiger partial charge in [-0.3, -0.25) is 4.79 Å². The summed E-state index contributed by atoms with van der Waals surface area (Å²) in [5.74, 6) is 1.37. The predicted molar refractivity (Wildman–Crippen MR) is 75.9 cm³/mol. The van der Waals surface area contributed by atoms with E-state index in [9.17, 15) is 4.79 Å². The van der Waals surface area contributed by atoms with Gasteiger partial charge in [0.15, 0.2) is 11.5 Å². The summed E-state index contributed by atoms with van der Waals surface area (Å²) >= 11 is 0. The van der Waals surface area contributed by atoms with Crippen molar-refractivity contribution < 1.29 is 14.3 Å². The van der Waals surface area contributed by atoms with Crippen LogP contribution in [0.25, 0.3) is 0 Å². The summed E-state index contributed by atoms with van der Waals surface area (Å²) in [5.41, 5.74) is 0.886. The standard InChI is InChI=1S/C15H23NO3/c1-10(16-11(2)17)15(3,4)12-7-8-13(18-5)14(9-12)19-6/h7-10H,1-6H3,(H,16,17)/t10-/m0/s1. The summed E-state index contributed by atoms with van der Waals surface area (Å²) in [7, 11) is 3.23. The Labute approximate surface area is 115 Å². The van der Waals surface area contributed by atoms with Gasteiger partial charge in [-0.2, -0.15) is 0 Å². The van der Waals surface area contributed by atoms with Crippen LogP contribution in [0.15, 0.2) is 18.2 Å². The third-order valence-corrected chi connectivity index (χ3v) is 3.63. The van der Waals surface area contributed by atoms with E-state index in [1.165, 1.54) is 6.92 Å². The largest absolute Gasteiger partial charge is 0.493 e. The van der Waals surface area contributed by atoms with Crippen molar-refractivity contribution in [3.05, 3.63) is 23.8 Å². The van der Waals surface area contributed by atoms with Crippen LogP contribution >= 0.6 is 0 Å². The van der Waals surface area contributed by atoms with Gasteiger partial charge in [0.1, 0.15) is 0 Å². The first kappa shape index (κ1) is 15.3. The van der Waals surface area contributed by atoms with E-state index < -0.39 is 0 Å². The molecule has 0 unspecified atom stereocenters. The molecule has 1 N–H and O–H groups in total. The van der Waals surface area contributed by atoms with Crippen molar-refractivity contribution in [3.63, 3.8) is 0 Å². The number of hydrogen-bond acceptors (Lipinski definition) is 3. The van der Waals surface area contributed by atoms with E-state index in [0.29, 0.717) is 11.5 Å². The molecule has 0 saturated carbocycles. The lowest BCUT2D eigenvalue weighted by Gasteiger charge is -2.33. The average molecular weight is 265 g/mol. The number of carbonyl (C=O) groups is 1. The molecule has 0 saturated heterocycles. The second-order valence-corrected chi connectivity index (χ2v) is 5.21. The van der Waals surface area contributed by atoms with Crippen LogP contribution in [0, 0.1) is 0 Å². The highest BCUT2D eigenvalue weighted by atomic mass is 16.5. The number of benzene rings is 1. The minimum Gasteiger partial charge on any atom is -0.493 e. The molecular formula is C15H23NO3. The SMILES string of the molecule is COc1ccc(C(C)(C)[C@H](C)NC(C)=O)cc1OC. The Morgan fingerprint density at radius 3 is 2.26 bits per heavy atom. The lowest BCUT2D eigenvalue weighted by atomic mass is 9.78. The molecule has 0 spiro atoms. The maximum atomic E-state index is 11.2. The van der Waals surface area contributed by atoms with Crippen molar-refractivity contribution in [2.45, 2.75) is 39.2 Å². The zero-order valence-electron chi connectivity index (χ0n) is 12.5. The van der Waals surface area contributed by atoms with Crippen molar-refractivity contribution in [1.82, 2.24) is 5.32 Å². The van der Waals surface area contributed by atoms with Gasteiger partial charge in [-0.1, -0.05) is 19.9 Å². The molecule has 0 fully saturated rings. The maximum absolute atomic E-state index is 11.2. The van der Waals surface area contributed by atoms with Crippen LogP contribution in [-0.4, -0.2) is 26.2 Å². The van der Waals surface area contributed by atoms with E-state index in [1.54, 1.807) is 14.2 Å². The highest BCUT2D eigenvalue weighted by Crippen LogP contribution is 2.34. The third-order valence-electron chi connectivity index (χ3n) is 3.63. The Hall–Kier alpha value is -1.71. The van der Waals surface area contributed by atoms with Gasteiger partial charge in [0.25, 0.3) is 0 Å². The lowest BCUT2D eigenvalue weighted by molar-refractivity contribution is -0.119. The number of rotatable bonds is 5. The zero-order valence-corrected chi connectivity index (χ0v) is 12.5. The van der Waals surface area contributed by atoms with Crippen LogP contribution in [0.3, 0.4) is 0 Å². The average Bonchev–Trinajstić information content (AvgIpc) is 2.36. The second-order valence-electron chi connectivity index (χ2n) is 5.21. The molecule has 0 aromatic heterocycles. The molecule has 0 heterocycles. The molecule has 1 rings (SSSR count). The van der Waals surface area contributed by atoms with E-state index in [1.807, 2.05) is 25.1 Å². The molecule has 19 heavy (non-hydrogen) atoms. The molecule has 1 aromatic rings. The Bertz CT molecular complexity index is 455. The highest BCUT2D eigenvalue weighted by molar-refractivity contribution is 5.73. The summed E-state index contributed by atoms with van der Waals surface area (Å²) in [6, 6.07) is 5.86. The van der Waals surface area contributed by atoms with Gasteiger partial charge in [-0.15, -0.1) is 0 Å². The molecular weight excluding hydrogens is 242 g/mol. The van der Waals surface area contributed by atoms with Gasteiger partial charge in [0, 0.05) is 18.4 Å². The fourth-order valence-electron chi connectivity index (χ4n) is 1.97. The monoisotopic (exact) mass is 265 g/mol. The fraction of sp³-hybridized carbons (Fsp3) is 0.533. The van der Waals surface area contributed by atoms with Gasteiger partial charge in [0.05, 0.1) is 14.2 Å². The quantitative estimate of drug-likeness (QED) is 0.890. The molecule has 106 valence electrons. The van der Waals surface area contributed by atoms with Gasteiger partial charge in [0.2, 0.25) is 5.91 Å². The van der Waals surface area contributed by atoms with E-state index in [-0.39, 0.29) is 17.4 Å². The van der Waals surface area contributed by atoms with Gasteiger partial charge in [-0.25, -0.2) is 0 Å². The minimum atomic E-state index is -0.203. The Kier molecular flexibility index (Phi) is 4.81. The van der Waals surface area contributed by atoms with Crippen molar-refractivity contribution >= 4 is 5.91 Å². The van der Waals surface area contributed by atoms with Gasteiger partial charge in [-0.05, 0) is 24.6 Å². The molecule has 1 atom stereocenters. The molecule has 0 radical (unpaired) electrons. The summed E-state index contributed by atoms with van der Waals surface area (Å²) in [6.07, 6.45) is 0. The van der Waals surface area contributed by atoms with Crippen LogP contribution in [0.2, 0.25) is 0 Å². The van der Waals surface area contributed by atoms with Crippen LogP contribution in [0.5, 0.6) is 11.5 Å². The van der Waals surface area contributed by atoms with E-state index in [2.05, 4.69) is 19.2 Å². The highest BCUT2D eigenvalue weighted by Gasteiger charge is 2.29. The van der Waals surface area contributed by atoms with Gasteiger partial charge >= 0.3 is 0 Å². The fourth-order valence-corrected chi connectivity index (χ4v) is 1.97. The van der Waals surface area contributed by atoms with Crippen LogP contribution in [0.1, 0.15) is 33.3 Å². The molecule has 1 aromatic carbocycles. The molecule has 0 aliphatic heterocycles. The summed E-state index contributed by atoms with van der Waals surface area (Å²) in [4.78, 5) is 11.2. The number of methoxy groups -OCH3 is 2. The number of nitrogens with one attached hydrogen (secondary N) is 1. The topological polar surface area (TPSA) is 47.6 Å². The van der Waals surface area contributed by atoms with Crippen molar-refractivity contribution in [1.29, 1.82) is 0 Å². The molecule has 4 nitrogen and oxygen atoms in total. The number of carbonyl (C=O) groups excluding carboxylic acids is 1. The predicted octanol–water partition coefficient (Wildman–Crippen LogP) is 2.51. The second kappa shape index (κ2) is 5.95. The van der Waals surface area contributed by atoms with E-state index in [4.69, 9.17) is 9.47 Å². The van der Waals surface area contributed by atoms with Crippen molar-refractivity contribution in [3.8, 4) is 11.5 Å². The van der Waals surface area contributed by atoms with Crippen LogP contribution < -0.4 is 14.8 Å². The molecule has 0 aliphatic carbocycles. The third kappa shape index (κ3) is 3.40. The smallest absolute Gasteiger partial charge is 0.217 e. The number of ether oxygens (including phenoxy) is 2. The molecule has 0 aliphatic rings. The first-order valence-electron chi connectivity index (χ1n) is 6.32. The number of amides is 1. The zero-order chi connectivity index (χ0) is 14.6. The van der Waals surface area contributed by atoms with Crippen molar-refractivity contribution in [2.24, 2.45) is 0 Å².